The molecule has 2 aromatic heterocycles. The molecule has 5 heteroatoms. The van der Waals surface area contributed by atoms with E-state index in [1.54, 1.807) is 12.4 Å². The highest BCUT2D eigenvalue weighted by Gasteiger charge is 2.06. The zero-order valence-electron chi connectivity index (χ0n) is 6.97. The van der Waals surface area contributed by atoms with Crippen molar-refractivity contribution in [1.82, 2.24) is 9.97 Å². The summed E-state index contributed by atoms with van der Waals surface area (Å²) in [6.45, 7) is 0. The van der Waals surface area contributed by atoms with Gasteiger partial charge in [-0.1, -0.05) is 11.6 Å². The van der Waals surface area contributed by atoms with Gasteiger partial charge in [-0.2, -0.15) is 0 Å². The summed E-state index contributed by atoms with van der Waals surface area (Å²) in [6, 6.07) is 1.87. The minimum atomic E-state index is 0.605. The first-order valence-corrected chi connectivity index (χ1v) is 4.11. The number of halogens is 1. The van der Waals surface area contributed by atoms with Gasteiger partial charge in [-0.3, -0.25) is 10.3 Å². The van der Waals surface area contributed by atoms with E-state index in [4.69, 9.17) is 16.4 Å². The van der Waals surface area contributed by atoms with Crippen LogP contribution in [-0.2, 0) is 4.84 Å². The van der Waals surface area contributed by atoms with Gasteiger partial charge in [-0.05, 0) is 6.07 Å². The van der Waals surface area contributed by atoms with Gasteiger partial charge in [0.25, 0.3) is 0 Å². The summed E-state index contributed by atoms with van der Waals surface area (Å²) in [6.07, 6.45) is 3.41. The minimum Gasteiger partial charge on any atom is -0.346 e. The molecule has 0 bridgehead atoms. The third-order valence-corrected chi connectivity index (χ3v) is 2.14. The third-order valence-electron chi connectivity index (χ3n) is 1.73. The Morgan fingerprint density at radius 2 is 2.46 bits per heavy atom. The summed E-state index contributed by atoms with van der Waals surface area (Å²) in [5.74, 6) is 0. The summed E-state index contributed by atoms with van der Waals surface area (Å²) in [5, 5.41) is 1.48. The highest BCUT2D eigenvalue weighted by Crippen LogP contribution is 2.28. The van der Waals surface area contributed by atoms with E-state index < -0.39 is 0 Å². The Labute approximate surface area is 79.8 Å². The van der Waals surface area contributed by atoms with E-state index in [2.05, 4.69) is 15.4 Å². The van der Waals surface area contributed by atoms with Crippen molar-refractivity contribution in [2.75, 3.05) is 12.6 Å². The molecule has 0 unspecified atom stereocenters. The SMILES string of the molecule is CONc1cnc2[nH]ccc2c1Cl. The molecule has 0 saturated carbocycles. The average molecular weight is 198 g/mol. The van der Waals surface area contributed by atoms with E-state index in [1.165, 1.54) is 7.11 Å². The number of nitrogens with one attached hydrogen (secondary N) is 2. The molecule has 0 aliphatic rings. The lowest BCUT2D eigenvalue weighted by Gasteiger charge is -2.04. The minimum absolute atomic E-state index is 0.605. The second kappa shape index (κ2) is 3.24. The van der Waals surface area contributed by atoms with Crippen LogP contribution in [0.5, 0.6) is 0 Å². The van der Waals surface area contributed by atoms with Crippen LogP contribution in [0, 0.1) is 0 Å². The number of rotatable bonds is 2. The maximum absolute atomic E-state index is 6.06. The first kappa shape index (κ1) is 8.34. The molecule has 0 aliphatic heterocycles. The summed E-state index contributed by atoms with van der Waals surface area (Å²) in [5.41, 5.74) is 4.08. The van der Waals surface area contributed by atoms with E-state index >= 15 is 0 Å². The van der Waals surface area contributed by atoms with Gasteiger partial charge >= 0.3 is 0 Å². The van der Waals surface area contributed by atoms with Gasteiger partial charge in [0.1, 0.15) is 5.65 Å². The molecule has 68 valence electrons. The number of hydrogen-bond acceptors (Lipinski definition) is 3. The Kier molecular flexibility index (Phi) is 2.08. The molecule has 2 rings (SSSR count). The van der Waals surface area contributed by atoms with Crippen LogP contribution in [0.3, 0.4) is 0 Å². The lowest BCUT2D eigenvalue weighted by atomic mass is 10.3. The highest BCUT2D eigenvalue weighted by atomic mass is 35.5. The highest BCUT2D eigenvalue weighted by molar-refractivity contribution is 6.37. The number of H-pyrrole nitrogens is 1. The summed E-state index contributed by atoms with van der Waals surface area (Å²) in [4.78, 5) is 11.9. The average Bonchev–Trinajstić information content (AvgIpc) is 2.58. The molecular weight excluding hydrogens is 190 g/mol. The molecule has 4 nitrogen and oxygen atoms in total. The fraction of sp³-hybridized carbons (Fsp3) is 0.125. The molecule has 0 spiro atoms. The maximum atomic E-state index is 6.06. The van der Waals surface area contributed by atoms with Crippen molar-refractivity contribution in [1.29, 1.82) is 0 Å². The van der Waals surface area contributed by atoms with Gasteiger partial charge in [0.15, 0.2) is 0 Å². The zero-order valence-corrected chi connectivity index (χ0v) is 7.72. The van der Waals surface area contributed by atoms with Crippen molar-refractivity contribution < 1.29 is 4.84 Å². The lowest BCUT2D eigenvalue weighted by molar-refractivity contribution is 0.271. The van der Waals surface area contributed by atoms with E-state index in [0.29, 0.717) is 10.7 Å². The van der Waals surface area contributed by atoms with Crippen molar-refractivity contribution in [3.8, 4) is 0 Å². The van der Waals surface area contributed by atoms with Crippen LogP contribution in [0.2, 0.25) is 5.02 Å². The maximum Gasteiger partial charge on any atom is 0.138 e. The number of fused-ring (bicyclic) bond motifs is 1. The molecule has 2 aromatic rings. The molecule has 0 aromatic carbocycles. The van der Waals surface area contributed by atoms with E-state index in [0.717, 1.165) is 11.0 Å². The van der Waals surface area contributed by atoms with Gasteiger partial charge in [0, 0.05) is 11.6 Å². The predicted molar refractivity (Wildman–Crippen MR) is 51.7 cm³/mol. The molecule has 0 saturated heterocycles. The Balaban J connectivity index is 2.59. The molecular formula is C8H8ClN3O. The van der Waals surface area contributed by atoms with Gasteiger partial charge < -0.3 is 4.98 Å². The van der Waals surface area contributed by atoms with Crippen LogP contribution in [0.15, 0.2) is 18.5 Å². The van der Waals surface area contributed by atoms with Crippen molar-refractivity contribution in [3.05, 3.63) is 23.5 Å². The standard InChI is InChI=1S/C8H8ClN3O/c1-13-12-6-4-11-8-5(7(6)9)2-3-10-8/h2-4,12H,1H3,(H,10,11). The van der Waals surface area contributed by atoms with E-state index in [9.17, 15) is 0 Å². The third kappa shape index (κ3) is 1.34. The second-order valence-corrected chi connectivity index (χ2v) is 2.91. The van der Waals surface area contributed by atoms with E-state index in [1.807, 2.05) is 6.07 Å². The molecule has 13 heavy (non-hydrogen) atoms. The molecule has 2 heterocycles. The smallest absolute Gasteiger partial charge is 0.138 e. The second-order valence-electron chi connectivity index (χ2n) is 2.53. The molecule has 2 N–H and O–H groups in total. The Morgan fingerprint density at radius 3 is 3.23 bits per heavy atom. The fourth-order valence-corrected chi connectivity index (χ4v) is 1.40. The zero-order chi connectivity index (χ0) is 9.26. The summed E-state index contributed by atoms with van der Waals surface area (Å²) < 4.78 is 0. The number of aromatic amines is 1. The van der Waals surface area contributed by atoms with Crippen LogP contribution in [0.25, 0.3) is 11.0 Å². The Morgan fingerprint density at radius 1 is 1.62 bits per heavy atom. The normalized spacial score (nSPS) is 10.6. The van der Waals surface area contributed by atoms with Gasteiger partial charge in [-0.25, -0.2) is 4.98 Å². The van der Waals surface area contributed by atoms with Gasteiger partial charge in [-0.15, -0.1) is 0 Å². The van der Waals surface area contributed by atoms with Crippen molar-refractivity contribution in [2.24, 2.45) is 0 Å². The van der Waals surface area contributed by atoms with Crippen molar-refractivity contribution >= 4 is 28.3 Å². The Hall–Kier alpha value is -1.26. The largest absolute Gasteiger partial charge is 0.346 e. The molecule has 0 fully saturated rings. The molecule has 0 amide bonds. The van der Waals surface area contributed by atoms with E-state index in [-0.39, 0.29) is 0 Å². The number of nitrogens with zero attached hydrogens (tertiary/aromatic N) is 1. The first-order valence-electron chi connectivity index (χ1n) is 3.73. The monoisotopic (exact) mass is 197 g/mol. The molecule has 0 atom stereocenters. The summed E-state index contributed by atoms with van der Waals surface area (Å²) in [7, 11) is 1.53. The lowest BCUT2D eigenvalue weighted by Crippen LogP contribution is -1.97. The number of pyridine rings is 1. The first-order chi connectivity index (χ1) is 6.33. The Bertz CT molecular complexity index is 426. The molecule has 0 aliphatic carbocycles. The number of hydrogen-bond donors (Lipinski definition) is 2. The number of aromatic nitrogens is 2. The predicted octanol–water partition coefficient (Wildman–Crippen LogP) is 2.19. The molecule has 0 radical (unpaired) electrons. The fourth-order valence-electron chi connectivity index (χ4n) is 1.16. The summed E-state index contributed by atoms with van der Waals surface area (Å²) >= 11 is 6.06. The van der Waals surface area contributed by atoms with Crippen LogP contribution < -0.4 is 5.48 Å². The number of anilines is 1. The quantitative estimate of drug-likeness (QED) is 0.726. The van der Waals surface area contributed by atoms with Crippen LogP contribution in [0.4, 0.5) is 5.69 Å². The van der Waals surface area contributed by atoms with Crippen molar-refractivity contribution in [2.45, 2.75) is 0 Å². The van der Waals surface area contributed by atoms with Crippen LogP contribution >= 0.6 is 11.6 Å². The van der Waals surface area contributed by atoms with Gasteiger partial charge in [0.05, 0.1) is 24.0 Å². The van der Waals surface area contributed by atoms with Crippen LogP contribution in [-0.4, -0.2) is 17.1 Å². The van der Waals surface area contributed by atoms with Crippen LogP contribution in [0.1, 0.15) is 0 Å². The van der Waals surface area contributed by atoms with Gasteiger partial charge in [0.2, 0.25) is 0 Å². The van der Waals surface area contributed by atoms with Crippen molar-refractivity contribution in [3.63, 3.8) is 0 Å². The topological polar surface area (TPSA) is 49.9 Å².